The van der Waals surface area contributed by atoms with Crippen molar-refractivity contribution in [2.45, 2.75) is 40.3 Å². The van der Waals surface area contributed by atoms with E-state index in [-0.39, 0.29) is 18.3 Å². The summed E-state index contributed by atoms with van der Waals surface area (Å²) < 4.78 is 16.6. The van der Waals surface area contributed by atoms with E-state index in [1.54, 1.807) is 42.5 Å². The maximum absolute atomic E-state index is 12.9. The summed E-state index contributed by atoms with van der Waals surface area (Å²) in [6.45, 7) is 8.83. The summed E-state index contributed by atoms with van der Waals surface area (Å²) in [4.78, 5) is 25.9. The van der Waals surface area contributed by atoms with Gasteiger partial charge < -0.3 is 24.5 Å². The van der Waals surface area contributed by atoms with Crippen LogP contribution in [0.5, 0.6) is 11.5 Å². The van der Waals surface area contributed by atoms with Gasteiger partial charge in [-0.3, -0.25) is 9.59 Å². The Kier molecular flexibility index (Phi) is 9.12. The normalized spacial score (nSPS) is 11.4. The second-order valence-electron chi connectivity index (χ2n) is 8.74. The molecule has 0 saturated heterocycles. The third-order valence-corrected chi connectivity index (χ3v) is 4.76. The monoisotopic (exact) mass is 476 g/mol. The van der Waals surface area contributed by atoms with E-state index in [0.717, 1.165) is 11.3 Å². The van der Waals surface area contributed by atoms with Crippen LogP contribution in [0.2, 0.25) is 0 Å². The number of carbonyl (C=O) groups is 2. The minimum Gasteiger partial charge on any atom is -0.493 e. The van der Waals surface area contributed by atoms with E-state index in [9.17, 15) is 9.59 Å². The molecular weight excluding hydrogens is 444 g/mol. The Hall–Kier alpha value is -4.00. The van der Waals surface area contributed by atoms with Crippen LogP contribution in [0.1, 0.15) is 49.4 Å². The van der Waals surface area contributed by atoms with E-state index >= 15 is 0 Å². The lowest BCUT2D eigenvalue weighted by Gasteiger charge is -2.12. The highest BCUT2D eigenvalue weighted by Gasteiger charge is 2.15. The second kappa shape index (κ2) is 12.5. The van der Waals surface area contributed by atoms with Crippen molar-refractivity contribution in [3.05, 3.63) is 89.5 Å². The van der Waals surface area contributed by atoms with E-state index in [2.05, 4.69) is 24.5 Å². The van der Waals surface area contributed by atoms with Crippen LogP contribution in [0.25, 0.3) is 6.08 Å². The van der Waals surface area contributed by atoms with Gasteiger partial charge in [-0.15, -0.1) is 0 Å². The van der Waals surface area contributed by atoms with Crippen LogP contribution in [0.15, 0.2) is 77.0 Å². The molecule has 0 aliphatic rings. The second-order valence-corrected chi connectivity index (χ2v) is 8.74. The number of ether oxygens (including phenoxy) is 2. The van der Waals surface area contributed by atoms with Crippen LogP contribution < -0.4 is 20.1 Å². The van der Waals surface area contributed by atoms with Gasteiger partial charge >= 0.3 is 0 Å². The van der Waals surface area contributed by atoms with Gasteiger partial charge in [0.05, 0.1) is 25.5 Å². The van der Waals surface area contributed by atoms with Gasteiger partial charge in [0.25, 0.3) is 11.8 Å². The topological polar surface area (TPSA) is 89.8 Å². The van der Waals surface area contributed by atoms with Gasteiger partial charge in [0.1, 0.15) is 23.0 Å². The molecule has 3 rings (SSSR count). The highest BCUT2D eigenvalue weighted by molar-refractivity contribution is 6.05. The molecule has 1 heterocycles. The molecule has 0 bridgehead atoms. The van der Waals surface area contributed by atoms with Crippen molar-refractivity contribution in [2.24, 2.45) is 5.92 Å². The molecule has 0 spiro atoms. The molecule has 7 nitrogen and oxygen atoms in total. The average Bonchev–Trinajstić information content (AvgIpc) is 3.35. The van der Waals surface area contributed by atoms with E-state index in [4.69, 9.17) is 13.9 Å². The zero-order valence-electron chi connectivity index (χ0n) is 20.5. The number of amides is 2. The van der Waals surface area contributed by atoms with Gasteiger partial charge in [0.2, 0.25) is 0 Å². The van der Waals surface area contributed by atoms with Crippen molar-refractivity contribution in [3.63, 3.8) is 0 Å². The first-order chi connectivity index (χ1) is 16.8. The van der Waals surface area contributed by atoms with Gasteiger partial charge in [-0.25, -0.2) is 0 Å². The Labute approximate surface area is 206 Å². The fourth-order valence-electron chi connectivity index (χ4n) is 3.08. The molecule has 0 atom stereocenters. The van der Waals surface area contributed by atoms with Crippen LogP contribution in [0, 0.1) is 5.92 Å². The maximum atomic E-state index is 12.9. The number of hydrogen-bond acceptors (Lipinski definition) is 5. The molecule has 1 aromatic heterocycles. The Bertz CT molecular complexity index is 1120. The standard InChI is InChI=1S/C28H32N2O5/c1-19(2)18-34-23-13-9-22(10-14-23)27(31)30-26(28(32)29-17-25-6-5-15-33-25)16-21-7-11-24(12-8-21)35-20(3)4/h5-16,19-20H,17-18H2,1-4H3,(H,29,32)(H,30,31). The summed E-state index contributed by atoms with van der Waals surface area (Å²) in [6, 6.07) is 17.6. The number of rotatable bonds is 11. The molecule has 2 aromatic carbocycles. The SMILES string of the molecule is CC(C)COc1ccc(C(=O)NC(=Cc2ccc(OC(C)C)cc2)C(=O)NCc2ccco2)cc1. The van der Waals surface area contributed by atoms with Gasteiger partial charge in [0.15, 0.2) is 0 Å². The number of hydrogen-bond donors (Lipinski definition) is 2. The smallest absolute Gasteiger partial charge is 0.268 e. The first-order valence-electron chi connectivity index (χ1n) is 11.6. The van der Waals surface area contributed by atoms with Crippen LogP contribution in [-0.4, -0.2) is 24.5 Å². The van der Waals surface area contributed by atoms with Crippen molar-refractivity contribution in [3.8, 4) is 11.5 Å². The molecule has 35 heavy (non-hydrogen) atoms. The average molecular weight is 477 g/mol. The molecule has 0 unspecified atom stereocenters. The fraction of sp³-hybridized carbons (Fsp3) is 0.286. The molecule has 0 aliphatic carbocycles. The first-order valence-corrected chi connectivity index (χ1v) is 11.6. The number of furan rings is 1. The summed E-state index contributed by atoms with van der Waals surface area (Å²) in [7, 11) is 0. The molecule has 0 saturated carbocycles. The molecule has 0 fully saturated rings. The van der Waals surface area contributed by atoms with Crippen LogP contribution >= 0.6 is 0 Å². The predicted molar refractivity (Wildman–Crippen MR) is 135 cm³/mol. The predicted octanol–water partition coefficient (Wildman–Crippen LogP) is 5.19. The quantitative estimate of drug-likeness (QED) is 0.372. The van der Waals surface area contributed by atoms with E-state index in [1.807, 2.05) is 38.1 Å². The molecular formula is C28H32N2O5. The van der Waals surface area contributed by atoms with E-state index < -0.39 is 11.8 Å². The van der Waals surface area contributed by atoms with Crippen LogP contribution in [0.4, 0.5) is 0 Å². The van der Waals surface area contributed by atoms with Crippen molar-refractivity contribution in [1.82, 2.24) is 10.6 Å². The van der Waals surface area contributed by atoms with Gasteiger partial charge in [-0.2, -0.15) is 0 Å². The zero-order chi connectivity index (χ0) is 25.2. The highest BCUT2D eigenvalue weighted by atomic mass is 16.5. The number of carbonyl (C=O) groups excluding carboxylic acids is 2. The van der Waals surface area contributed by atoms with Crippen LogP contribution in [-0.2, 0) is 11.3 Å². The van der Waals surface area contributed by atoms with E-state index in [1.165, 1.54) is 6.26 Å². The van der Waals surface area contributed by atoms with Gasteiger partial charge in [-0.05, 0) is 79.9 Å². The zero-order valence-corrected chi connectivity index (χ0v) is 20.5. The van der Waals surface area contributed by atoms with Crippen LogP contribution in [0.3, 0.4) is 0 Å². The fourth-order valence-corrected chi connectivity index (χ4v) is 3.08. The summed E-state index contributed by atoms with van der Waals surface area (Å²) in [5.41, 5.74) is 1.26. The molecule has 0 radical (unpaired) electrons. The van der Waals surface area contributed by atoms with Crippen molar-refractivity contribution in [2.75, 3.05) is 6.61 Å². The minimum atomic E-state index is -0.436. The molecule has 184 valence electrons. The lowest BCUT2D eigenvalue weighted by molar-refractivity contribution is -0.118. The number of nitrogens with one attached hydrogen (secondary N) is 2. The summed E-state index contributed by atoms with van der Waals surface area (Å²) in [5.74, 6) is 1.58. The summed E-state index contributed by atoms with van der Waals surface area (Å²) >= 11 is 0. The Morgan fingerprint density at radius 2 is 1.63 bits per heavy atom. The minimum absolute atomic E-state index is 0.0563. The van der Waals surface area contributed by atoms with Crippen molar-refractivity contribution in [1.29, 1.82) is 0 Å². The first kappa shape index (κ1) is 25.6. The molecule has 2 N–H and O–H groups in total. The third kappa shape index (κ3) is 8.37. The summed E-state index contributed by atoms with van der Waals surface area (Å²) in [5, 5.41) is 5.51. The molecule has 0 aliphatic heterocycles. The Morgan fingerprint density at radius 1 is 0.943 bits per heavy atom. The molecule has 7 heteroatoms. The van der Waals surface area contributed by atoms with Gasteiger partial charge in [-0.1, -0.05) is 26.0 Å². The maximum Gasteiger partial charge on any atom is 0.268 e. The van der Waals surface area contributed by atoms with Gasteiger partial charge in [0, 0.05) is 5.56 Å². The highest BCUT2D eigenvalue weighted by Crippen LogP contribution is 2.17. The lowest BCUT2D eigenvalue weighted by Crippen LogP contribution is -2.34. The Balaban J connectivity index is 1.75. The van der Waals surface area contributed by atoms with E-state index in [0.29, 0.717) is 29.6 Å². The Morgan fingerprint density at radius 3 is 2.23 bits per heavy atom. The number of benzene rings is 2. The third-order valence-electron chi connectivity index (χ3n) is 4.76. The van der Waals surface area contributed by atoms with Crippen molar-refractivity contribution >= 4 is 17.9 Å². The molecule has 3 aromatic rings. The summed E-state index contributed by atoms with van der Waals surface area (Å²) in [6.07, 6.45) is 3.21. The molecule has 2 amide bonds. The lowest BCUT2D eigenvalue weighted by atomic mass is 10.1. The largest absolute Gasteiger partial charge is 0.493 e. The van der Waals surface area contributed by atoms with Crippen molar-refractivity contribution < 1.29 is 23.5 Å².